The highest BCUT2D eigenvalue weighted by molar-refractivity contribution is 7.09. The summed E-state index contributed by atoms with van der Waals surface area (Å²) in [5.41, 5.74) is 1.01. The average molecular weight is 280 g/mol. The molecule has 0 saturated heterocycles. The van der Waals surface area contributed by atoms with E-state index >= 15 is 0 Å². The number of hydrogen-bond donors (Lipinski definition) is 1. The number of methoxy groups -OCH3 is 2. The zero-order chi connectivity index (χ0) is 13.8. The number of anilines is 1. The number of nitrogens with one attached hydrogen (secondary N) is 1. The van der Waals surface area contributed by atoms with Crippen molar-refractivity contribution < 1.29 is 9.47 Å². The summed E-state index contributed by atoms with van der Waals surface area (Å²) in [5, 5.41) is 6.19. The van der Waals surface area contributed by atoms with Gasteiger partial charge in [0.25, 0.3) is 0 Å². The Morgan fingerprint density at radius 1 is 1.16 bits per heavy atom. The Hall–Kier alpha value is -1.89. The molecular weight excluding hydrogens is 264 g/mol. The summed E-state index contributed by atoms with van der Waals surface area (Å²) in [6.07, 6.45) is 0. The molecule has 2 aromatic rings. The van der Waals surface area contributed by atoms with Crippen molar-refractivity contribution in [2.24, 2.45) is 0 Å². The van der Waals surface area contributed by atoms with E-state index in [2.05, 4.69) is 20.3 Å². The molecule has 19 heavy (non-hydrogen) atoms. The molecule has 102 valence electrons. The first-order valence-corrected chi connectivity index (χ1v) is 6.66. The number of nitrogens with zero attached hydrogens (tertiary/aromatic N) is 3. The fourth-order valence-corrected chi connectivity index (χ4v) is 2.31. The lowest BCUT2D eigenvalue weighted by molar-refractivity contribution is 0.372. The van der Waals surface area contributed by atoms with Crippen LogP contribution in [0.3, 0.4) is 0 Å². The fourth-order valence-electron chi connectivity index (χ4n) is 1.50. The second-order valence-electron chi connectivity index (χ2n) is 3.97. The molecule has 0 radical (unpaired) electrons. The number of thiazole rings is 1. The molecule has 0 fully saturated rings. The predicted molar refractivity (Wildman–Crippen MR) is 74.0 cm³/mol. The highest BCUT2D eigenvalue weighted by Gasteiger charge is 2.12. The Balaban J connectivity index is 2.18. The Labute approximate surface area is 115 Å². The van der Waals surface area contributed by atoms with Crippen LogP contribution in [-0.2, 0) is 0 Å². The molecule has 0 amide bonds. The predicted octanol–water partition coefficient (Wildman–Crippen LogP) is 2.43. The minimum atomic E-state index is 0.0236. The van der Waals surface area contributed by atoms with Gasteiger partial charge in [0.05, 0.1) is 26.3 Å². The first-order chi connectivity index (χ1) is 9.12. The maximum Gasteiger partial charge on any atom is 0.229 e. The van der Waals surface area contributed by atoms with Crippen LogP contribution in [-0.4, -0.2) is 29.2 Å². The molecule has 0 aromatic carbocycles. The van der Waals surface area contributed by atoms with Crippen LogP contribution in [0.4, 0.5) is 5.95 Å². The molecule has 1 atom stereocenters. The lowest BCUT2D eigenvalue weighted by atomic mass is 10.3. The van der Waals surface area contributed by atoms with Gasteiger partial charge in [-0.05, 0) is 13.8 Å². The van der Waals surface area contributed by atoms with Gasteiger partial charge >= 0.3 is 0 Å². The second kappa shape index (κ2) is 5.83. The van der Waals surface area contributed by atoms with Crippen LogP contribution in [0.15, 0.2) is 11.4 Å². The van der Waals surface area contributed by atoms with E-state index in [9.17, 15) is 0 Å². The van der Waals surface area contributed by atoms with Gasteiger partial charge in [-0.3, -0.25) is 0 Å². The first kappa shape index (κ1) is 13.5. The quantitative estimate of drug-likeness (QED) is 0.907. The smallest absolute Gasteiger partial charge is 0.229 e. The van der Waals surface area contributed by atoms with Crippen LogP contribution in [0, 0.1) is 6.92 Å². The van der Waals surface area contributed by atoms with Crippen LogP contribution in [0.1, 0.15) is 23.7 Å². The van der Waals surface area contributed by atoms with Crippen molar-refractivity contribution >= 4 is 17.3 Å². The molecule has 7 heteroatoms. The highest BCUT2D eigenvalue weighted by atomic mass is 32.1. The number of hydrogen-bond acceptors (Lipinski definition) is 7. The summed E-state index contributed by atoms with van der Waals surface area (Å²) >= 11 is 1.61. The zero-order valence-corrected chi connectivity index (χ0v) is 12.1. The van der Waals surface area contributed by atoms with Crippen LogP contribution in [0.5, 0.6) is 11.8 Å². The summed E-state index contributed by atoms with van der Waals surface area (Å²) in [7, 11) is 3.11. The Kier molecular flexibility index (Phi) is 4.16. The monoisotopic (exact) mass is 280 g/mol. The molecule has 0 aliphatic carbocycles. The third-order valence-corrected chi connectivity index (χ3v) is 3.60. The normalized spacial score (nSPS) is 12.0. The Morgan fingerprint density at radius 2 is 1.79 bits per heavy atom. The van der Waals surface area contributed by atoms with E-state index in [0.29, 0.717) is 17.7 Å². The minimum Gasteiger partial charge on any atom is -0.481 e. The highest BCUT2D eigenvalue weighted by Crippen LogP contribution is 2.23. The lowest BCUT2D eigenvalue weighted by Crippen LogP contribution is -2.10. The van der Waals surface area contributed by atoms with Crippen molar-refractivity contribution in [1.82, 2.24) is 15.0 Å². The molecule has 0 aliphatic rings. The summed E-state index contributed by atoms with van der Waals surface area (Å²) in [5.74, 6) is 1.37. The fraction of sp³-hybridized carbons (Fsp3) is 0.417. The third kappa shape index (κ3) is 3.31. The van der Waals surface area contributed by atoms with Gasteiger partial charge in [-0.15, -0.1) is 11.3 Å². The molecule has 0 saturated carbocycles. The van der Waals surface area contributed by atoms with Gasteiger partial charge in [0, 0.05) is 11.1 Å². The molecular formula is C12H16N4O2S. The van der Waals surface area contributed by atoms with E-state index in [1.807, 2.05) is 19.2 Å². The van der Waals surface area contributed by atoms with Crippen molar-refractivity contribution in [2.45, 2.75) is 19.9 Å². The first-order valence-electron chi connectivity index (χ1n) is 5.78. The topological polar surface area (TPSA) is 69.2 Å². The van der Waals surface area contributed by atoms with Gasteiger partial charge in [0.2, 0.25) is 17.7 Å². The molecule has 0 spiro atoms. The molecule has 2 aromatic heterocycles. The van der Waals surface area contributed by atoms with Crippen molar-refractivity contribution in [3.8, 4) is 11.8 Å². The standard InChI is InChI=1S/C12H16N4O2S/c1-7-6-19-11(13-7)8(2)14-12-15-9(17-3)5-10(16-12)18-4/h5-6,8H,1-4H3,(H,14,15,16). The molecule has 0 bridgehead atoms. The largest absolute Gasteiger partial charge is 0.481 e. The minimum absolute atomic E-state index is 0.0236. The van der Waals surface area contributed by atoms with Crippen molar-refractivity contribution in [3.05, 3.63) is 22.1 Å². The maximum absolute atomic E-state index is 5.10. The molecule has 6 nitrogen and oxygen atoms in total. The number of aromatic nitrogens is 3. The average Bonchev–Trinajstić information content (AvgIpc) is 2.85. The van der Waals surface area contributed by atoms with Gasteiger partial charge in [0.15, 0.2) is 0 Å². The summed E-state index contributed by atoms with van der Waals surface area (Å²) in [4.78, 5) is 12.9. The number of ether oxygens (including phenoxy) is 2. The van der Waals surface area contributed by atoms with E-state index in [4.69, 9.17) is 9.47 Å². The van der Waals surface area contributed by atoms with Gasteiger partial charge in [-0.25, -0.2) is 4.98 Å². The van der Waals surface area contributed by atoms with Crippen LogP contribution < -0.4 is 14.8 Å². The summed E-state index contributed by atoms with van der Waals surface area (Å²) in [6, 6.07) is 1.65. The van der Waals surface area contributed by atoms with Gasteiger partial charge in [-0.1, -0.05) is 0 Å². The van der Waals surface area contributed by atoms with E-state index in [0.717, 1.165) is 10.7 Å². The van der Waals surface area contributed by atoms with Gasteiger partial charge < -0.3 is 14.8 Å². The van der Waals surface area contributed by atoms with Crippen molar-refractivity contribution in [1.29, 1.82) is 0 Å². The summed E-state index contributed by atoms with van der Waals surface area (Å²) < 4.78 is 10.2. The lowest BCUT2D eigenvalue weighted by Gasteiger charge is -2.12. The number of aryl methyl sites for hydroxylation is 1. The molecule has 2 heterocycles. The molecule has 2 rings (SSSR count). The van der Waals surface area contributed by atoms with Crippen LogP contribution in [0.2, 0.25) is 0 Å². The van der Waals surface area contributed by atoms with Crippen LogP contribution >= 0.6 is 11.3 Å². The molecule has 1 unspecified atom stereocenters. The SMILES string of the molecule is COc1cc(OC)nc(NC(C)c2nc(C)cs2)n1. The van der Waals surface area contributed by atoms with Gasteiger partial charge in [0.1, 0.15) is 5.01 Å². The third-order valence-electron chi connectivity index (χ3n) is 2.45. The van der Waals surface area contributed by atoms with E-state index < -0.39 is 0 Å². The zero-order valence-electron chi connectivity index (χ0n) is 11.3. The Bertz CT molecular complexity index is 536. The second-order valence-corrected chi connectivity index (χ2v) is 4.86. The van der Waals surface area contributed by atoms with Gasteiger partial charge in [-0.2, -0.15) is 9.97 Å². The number of rotatable bonds is 5. The Morgan fingerprint density at radius 3 is 2.26 bits per heavy atom. The van der Waals surface area contributed by atoms with Crippen molar-refractivity contribution in [2.75, 3.05) is 19.5 Å². The van der Waals surface area contributed by atoms with Crippen molar-refractivity contribution in [3.63, 3.8) is 0 Å². The summed E-state index contributed by atoms with van der Waals surface area (Å²) in [6.45, 7) is 3.98. The van der Waals surface area contributed by atoms with E-state index in [1.165, 1.54) is 0 Å². The van der Waals surface area contributed by atoms with E-state index in [-0.39, 0.29) is 6.04 Å². The molecule has 0 aliphatic heterocycles. The molecule has 1 N–H and O–H groups in total. The maximum atomic E-state index is 5.10. The van der Waals surface area contributed by atoms with E-state index in [1.54, 1.807) is 31.6 Å². The van der Waals surface area contributed by atoms with Crippen LogP contribution in [0.25, 0.3) is 0 Å².